The minimum Gasteiger partial charge on any atom is -0.462 e. The van der Waals surface area contributed by atoms with E-state index in [1.54, 1.807) is 25.1 Å². The number of carbonyl (C=O) groups is 2. The number of carbonyl (C=O) groups excluding carboxylic acids is 2. The van der Waals surface area contributed by atoms with E-state index in [4.69, 9.17) is 4.74 Å². The van der Waals surface area contributed by atoms with E-state index in [0.29, 0.717) is 23.4 Å². The second-order valence-electron chi connectivity index (χ2n) is 5.96. The quantitative estimate of drug-likeness (QED) is 0.850. The standard InChI is InChI=1S/C20H23NO3/c1-6-24-20(23)16-7-8-18(15(5)10-16)21-19(22)17-11-13(3)12(2)9-14(17)4/h7-11H,6H2,1-5H3,(H,21,22). The lowest BCUT2D eigenvalue weighted by Gasteiger charge is -2.13. The van der Waals surface area contributed by atoms with Crippen LogP contribution in [0.4, 0.5) is 5.69 Å². The van der Waals surface area contributed by atoms with Crippen molar-refractivity contribution < 1.29 is 14.3 Å². The van der Waals surface area contributed by atoms with E-state index >= 15 is 0 Å². The highest BCUT2D eigenvalue weighted by molar-refractivity contribution is 6.06. The van der Waals surface area contributed by atoms with Crippen molar-refractivity contribution in [2.75, 3.05) is 11.9 Å². The Balaban J connectivity index is 2.24. The first-order valence-electron chi connectivity index (χ1n) is 8.00. The molecule has 2 rings (SSSR count). The molecular weight excluding hydrogens is 302 g/mol. The summed E-state index contributed by atoms with van der Waals surface area (Å²) in [5.41, 5.74) is 5.83. The Morgan fingerprint density at radius 1 is 0.917 bits per heavy atom. The van der Waals surface area contributed by atoms with Crippen molar-refractivity contribution in [3.8, 4) is 0 Å². The van der Waals surface area contributed by atoms with Crippen LogP contribution in [0, 0.1) is 27.7 Å². The number of hydrogen-bond donors (Lipinski definition) is 1. The first-order valence-corrected chi connectivity index (χ1v) is 8.00. The number of benzene rings is 2. The minimum atomic E-state index is -0.358. The predicted octanol–water partition coefficient (Wildman–Crippen LogP) is 4.35. The molecule has 0 saturated carbocycles. The van der Waals surface area contributed by atoms with E-state index in [-0.39, 0.29) is 11.9 Å². The van der Waals surface area contributed by atoms with Crippen molar-refractivity contribution in [2.45, 2.75) is 34.6 Å². The molecule has 4 nitrogen and oxygen atoms in total. The number of anilines is 1. The highest BCUT2D eigenvalue weighted by atomic mass is 16.5. The first-order chi connectivity index (χ1) is 11.3. The Hall–Kier alpha value is -2.62. The number of ether oxygens (including phenoxy) is 1. The fraction of sp³-hybridized carbons (Fsp3) is 0.300. The van der Waals surface area contributed by atoms with Crippen LogP contribution in [-0.2, 0) is 4.74 Å². The van der Waals surface area contributed by atoms with Gasteiger partial charge < -0.3 is 10.1 Å². The van der Waals surface area contributed by atoms with Gasteiger partial charge in [0.1, 0.15) is 0 Å². The lowest BCUT2D eigenvalue weighted by atomic mass is 10.00. The van der Waals surface area contributed by atoms with Crippen molar-refractivity contribution >= 4 is 17.6 Å². The summed E-state index contributed by atoms with van der Waals surface area (Å²) in [5, 5.41) is 2.92. The van der Waals surface area contributed by atoms with E-state index in [1.807, 2.05) is 39.8 Å². The van der Waals surface area contributed by atoms with Crippen LogP contribution in [-0.4, -0.2) is 18.5 Å². The Bertz CT molecular complexity index is 794. The van der Waals surface area contributed by atoms with Gasteiger partial charge in [0.05, 0.1) is 12.2 Å². The summed E-state index contributed by atoms with van der Waals surface area (Å²) in [6.07, 6.45) is 0. The van der Waals surface area contributed by atoms with Crippen LogP contribution in [0.2, 0.25) is 0 Å². The second-order valence-corrected chi connectivity index (χ2v) is 5.96. The topological polar surface area (TPSA) is 55.4 Å². The zero-order chi connectivity index (χ0) is 17.9. The Labute approximate surface area is 142 Å². The van der Waals surface area contributed by atoms with Gasteiger partial charge in [0, 0.05) is 11.3 Å². The molecule has 0 aliphatic carbocycles. The van der Waals surface area contributed by atoms with E-state index < -0.39 is 0 Å². The number of nitrogens with one attached hydrogen (secondary N) is 1. The molecule has 0 aromatic heterocycles. The normalized spacial score (nSPS) is 10.4. The van der Waals surface area contributed by atoms with Gasteiger partial charge in [0.2, 0.25) is 0 Å². The van der Waals surface area contributed by atoms with Crippen LogP contribution in [0.15, 0.2) is 30.3 Å². The Morgan fingerprint density at radius 3 is 2.21 bits per heavy atom. The maximum Gasteiger partial charge on any atom is 0.338 e. The average molecular weight is 325 g/mol. The molecule has 0 bridgehead atoms. The van der Waals surface area contributed by atoms with Crippen LogP contribution in [0.3, 0.4) is 0 Å². The molecule has 0 radical (unpaired) electrons. The molecule has 0 fully saturated rings. The SMILES string of the molecule is CCOC(=O)c1ccc(NC(=O)c2cc(C)c(C)cc2C)c(C)c1. The van der Waals surface area contributed by atoms with E-state index in [9.17, 15) is 9.59 Å². The van der Waals surface area contributed by atoms with Gasteiger partial charge in [0.15, 0.2) is 0 Å². The second kappa shape index (κ2) is 7.30. The lowest BCUT2D eigenvalue weighted by molar-refractivity contribution is 0.0526. The van der Waals surface area contributed by atoms with E-state index in [2.05, 4.69) is 5.32 Å². The lowest BCUT2D eigenvalue weighted by Crippen LogP contribution is -2.15. The van der Waals surface area contributed by atoms with Gasteiger partial charge in [-0.05, 0) is 81.1 Å². The van der Waals surface area contributed by atoms with E-state index in [1.165, 1.54) is 5.56 Å². The molecule has 0 heterocycles. The molecule has 1 N–H and O–H groups in total. The number of hydrogen-bond acceptors (Lipinski definition) is 3. The summed E-state index contributed by atoms with van der Waals surface area (Å²) in [7, 11) is 0. The van der Waals surface area contributed by atoms with Gasteiger partial charge in [-0.15, -0.1) is 0 Å². The Kier molecular flexibility index (Phi) is 5.39. The highest BCUT2D eigenvalue weighted by Crippen LogP contribution is 2.20. The van der Waals surface area contributed by atoms with E-state index in [0.717, 1.165) is 16.7 Å². The van der Waals surface area contributed by atoms with Crippen LogP contribution in [0.5, 0.6) is 0 Å². The van der Waals surface area contributed by atoms with Crippen molar-refractivity contribution in [1.82, 2.24) is 0 Å². The molecule has 2 aromatic rings. The van der Waals surface area contributed by atoms with Crippen molar-refractivity contribution in [3.05, 3.63) is 63.7 Å². The van der Waals surface area contributed by atoms with Crippen LogP contribution in [0.1, 0.15) is 49.9 Å². The zero-order valence-electron chi connectivity index (χ0n) is 14.8. The summed E-state index contributed by atoms with van der Waals surface area (Å²) in [6, 6.07) is 9.04. The summed E-state index contributed by atoms with van der Waals surface area (Å²) in [5.74, 6) is -0.508. The van der Waals surface area contributed by atoms with Crippen molar-refractivity contribution in [1.29, 1.82) is 0 Å². The third-order valence-corrected chi connectivity index (χ3v) is 4.07. The molecule has 0 spiro atoms. The molecule has 2 aromatic carbocycles. The number of esters is 1. The van der Waals surface area contributed by atoms with Gasteiger partial charge >= 0.3 is 5.97 Å². The maximum atomic E-state index is 12.6. The zero-order valence-corrected chi connectivity index (χ0v) is 14.8. The van der Waals surface area contributed by atoms with Crippen LogP contribution in [0.25, 0.3) is 0 Å². The highest BCUT2D eigenvalue weighted by Gasteiger charge is 2.13. The molecule has 1 amide bonds. The third-order valence-electron chi connectivity index (χ3n) is 4.07. The van der Waals surface area contributed by atoms with Gasteiger partial charge in [-0.25, -0.2) is 4.79 Å². The average Bonchev–Trinajstić information content (AvgIpc) is 2.52. The van der Waals surface area contributed by atoms with Gasteiger partial charge in [0.25, 0.3) is 5.91 Å². The maximum absolute atomic E-state index is 12.6. The Morgan fingerprint density at radius 2 is 1.58 bits per heavy atom. The first kappa shape index (κ1) is 17.7. The summed E-state index contributed by atoms with van der Waals surface area (Å²) in [4.78, 5) is 24.3. The van der Waals surface area contributed by atoms with Crippen molar-refractivity contribution in [3.63, 3.8) is 0 Å². The molecule has 0 aliphatic rings. The largest absolute Gasteiger partial charge is 0.462 e. The predicted molar refractivity (Wildman–Crippen MR) is 95.7 cm³/mol. The minimum absolute atomic E-state index is 0.150. The summed E-state index contributed by atoms with van der Waals surface area (Å²) < 4.78 is 4.99. The molecule has 4 heteroatoms. The number of aryl methyl sites for hydroxylation is 4. The third kappa shape index (κ3) is 3.82. The molecule has 24 heavy (non-hydrogen) atoms. The van der Waals surface area contributed by atoms with Crippen LogP contribution < -0.4 is 5.32 Å². The summed E-state index contributed by atoms with van der Waals surface area (Å²) >= 11 is 0. The monoisotopic (exact) mass is 325 g/mol. The fourth-order valence-electron chi connectivity index (χ4n) is 2.54. The molecular formula is C20H23NO3. The molecule has 0 atom stereocenters. The molecule has 0 aliphatic heterocycles. The smallest absolute Gasteiger partial charge is 0.338 e. The number of rotatable bonds is 4. The van der Waals surface area contributed by atoms with Gasteiger partial charge in [-0.1, -0.05) is 6.07 Å². The fourth-order valence-corrected chi connectivity index (χ4v) is 2.54. The molecule has 0 unspecified atom stereocenters. The summed E-state index contributed by atoms with van der Waals surface area (Å²) in [6.45, 7) is 9.91. The van der Waals surface area contributed by atoms with Gasteiger partial charge in [-0.2, -0.15) is 0 Å². The van der Waals surface area contributed by atoms with Crippen LogP contribution >= 0.6 is 0 Å². The number of amides is 1. The van der Waals surface area contributed by atoms with Crippen molar-refractivity contribution in [2.24, 2.45) is 0 Å². The molecule has 0 saturated heterocycles. The molecule has 126 valence electrons. The van der Waals surface area contributed by atoms with Gasteiger partial charge in [-0.3, -0.25) is 4.79 Å².